The predicted octanol–water partition coefficient (Wildman–Crippen LogP) is 7.30. The van der Waals surface area contributed by atoms with Crippen molar-refractivity contribution in [2.24, 2.45) is 0 Å². The van der Waals surface area contributed by atoms with E-state index in [4.69, 9.17) is 11.6 Å². The van der Waals surface area contributed by atoms with Crippen molar-refractivity contribution in [3.8, 4) is 11.1 Å². The minimum absolute atomic E-state index is 0.156. The van der Waals surface area contributed by atoms with E-state index in [0.717, 1.165) is 36.1 Å². The molecule has 3 rings (SSSR count). The Labute approximate surface area is 166 Å². The zero-order chi connectivity index (χ0) is 20.3. The summed E-state index contributed by atoms with van der Waals surface area (Å²) in [4.78, 5) is 0. The van der Waals surface area contributed by atoms with Crippen LogP contribution in [0.2, 0.25) is 5.02 Å². The summed E-state index contributed by atoms with van der Waals surface area (Å²) in [5.74, 6) is -4.27. The fourth-order valence-corrected chi connectivity index (χ4v) is 3.43. The summed E-state index contributed by atoms with van der Waals surface area (Å²) in [7, 11) is 0. The lowest BCUT2D eigenvalue weighted by Gasteiger charge is -2.10. The Kier molecular flexibility index (Phi) is 6.40. The molecule has 0 saturated heterocycles. The largest absolute Gasteiger partial charge is 0.205 e. The molecule has 5 heteroatoms. The normalized spacial score (nSPS) is 11.1. The molecule has 0 bridgehead atoms. The Balaban J connectivity index is 1.74. The van der Waals surface area contributed by atoms with Gasteiger partial charge < -0.3 is 0 Å². The fraction of sp³-hybridized carbons (Fsp3) is 0.217. The van der Waals surface area contributed by atoms with Crippen LogP contribution in [0, 0.1) is 23.3 Å². The van der Waals surface area contributed by atoms with Gasteiger partial charge in [0.05, 0.1) is 5.02 Å². The van der Waals surface area contributed by atoms with E-state index in [1.165, 1.54) is 0 Å². The minimum atomic E-state index is -1.46. The van der Waals surface area contributed by atoms with E-state index >= 15 is 0 Å². The molecule has 0 aliphatic rings. The van der Waals surface area contributed by atoms with E-state index in [1.54, 1.807) is 18.2 Å². The average molecular weight is 407 g/mol. The van der Waals surface area contributed by atoms with E-state index in [1.807, 2.05) is 25.1 Å². The first-order valence-electron chi connectivity index (χ1n) is 9.10. The van der Waals surface area contributed by atoms with Gasteiger partial charge in [-0.2, -0.15) is 0 Å². The quantitative estimate of drug-likeness (QED) is 0.297. The number of hydrogen-bond donors (Lipinski definition) is 0. The highest BCUT2D eigenvalue weighted by atomic mass is 35.5. The molecular formula is C23H19ClF4. The molecule has 0 aliphatic carbocycles. The second-order valence-electron chi connectivity index (χ2n) is 6.72. The SMILES string of the molecule is CCCc1ccc(-c2ccc(CCc3cc(F)c(F)c(F)c3)cc2)c(F)c1Cl. The molecule has 0 unspecified atom stereocenters. The van der Waals surface area contributed by atoms with Gasteiger partial charge in [-0.15, -0.1) is 0 Å². The van der Waals surface area contributed by atoms with Crippen molar-refractivity contribution in [1.82, 2.24) is 0 Å². The summed E-state index contributed by atoms with van der Waals surface area (Å²) in [6.45, 7) is 2.01. The summed E-state index contributed by atoms with van der Waals surface area (Å²) >= 11 is 6.15. The van der Waals surface area contributed by atoms with Crippen LogP contribution in [0.25, 0.3) is 11.1 Å². The van der Waals surface area contributed by atoms with Crippen LogP contribution in [0.3, 0.4) is 0 Å². The van der Waals surface area contributed by atoms with Crippen molar-refractivity contribution in [2.75, 3.05) is 0 Å². The lowest BCUT2D eigenvalue weighted by Crippen LogP contribution is -1.97. The Hall–Kier alpha value is -2.33. The number of aryl methyl sites for hydroxylation is 3. The summed E-state index contributed by atoms with van der Waals surface area (Å²) < 4.78 is 54.2. The molecule has 0 fully saturated rings. The maximum atomic E-state index is 14.6. The summed E-state index contributed by atoms with van der Waals surface area (Å²) in [5.41, 5.74) is 3.22. The lowest BCUT2D eigenvalue weighted by molar-refractivity contribution is 0.445. The summed E-state index contributed by atoms with van der Waals surface area (Å²) in [5, 5.41) is 0.156. The lowest BCUT2D eigenvalue weighted by atomic mass is 9.98. The fourth-order valence-electron chi connectivity index (χ4n) is 3.17. The monoisotopic (exact) mass is 406 g/mol. The van der Waals surface area contributed by atoms with Crippen molar-refractivity contribution in [3.05, 3.63) is 93.5 Å². The van der Waals surface area contributed by atoms with Crippen LogP contribution < -0.4 is 0 Å². The molecule has 3 aromatic carbocycles. The van der Waals surface area contributed by atoms with Crippen LogP contribution in [-0.2, 0) is 19.3 Å². The molecule has 3 aromatic rings. The molecule has 0 spiro atoms. The van der Waals surface area contributed by atoms with Crippen LogP contribution in [0.1, 0.15) is 30.0 Å². The molecule has 0 saturated carbocycles. The van der Waals surface area contributed by atoms with Crippen LogP contribution in [-0.4, -0.2) is 0 Å². The number of halogens is 5. The topological polar surface area (TPSA) is 0 Å². The molecule has 146 valence electrons. The average Bonchev–Trinajstić information content (AvgIpc) is 2.69. The van der Waals surface area contributed by atoms with Crippen molar-refractivity contribution in [3.63, 3.8) is 0 Å². The molecule has 0 atom stereocenters. The number of benzene rings is 3. The molecule has 28 heavy (non-hydrogen) atoms. The first-order chi connectivity index (χ1) is 13.4. The van der Waals surface area contributed by atoms with E-state index in [0.29, 0.717) is 29.5 Å². The highest BCUT2D eigenvalue weighted by molar-refractivity contribution is 6.31. The number of hydrogen-bond acceptors (Lipinski definition) is 0. The van der Waals surface area contributed by atoms with Gasteiger partial charge in [0.1, 0.15) is 5.82 Å². The van der Waals surface area contributed by atoms with Crippen molar-refractivity contribution < 1.29 is 17.6 Å². The van der Waals surface area contributed by atoms with E-state index in [2.05, 4.69) is 0 Å². The number of rotatable bonds is 6. The smallest absolute Gasteiger partial charge is 0.194 e. The third-order valence-electron chi connectivity index (χ3n) is 4.69. The summed E-state index contributed by atoms with van der Waals surface area (Å²) in [6.07, 6.45) is 2.48. The second-order valence-corrected chi connectivity index (χ2v) is 7.10. The van der Waals surface area contributed by atoms with E-state index in [-0.39, 0.29) is 5.02 Å². The molecule has 0 aromatic heterocycles. The van der Waals surface area contributed by atoms with Gasteiger partial charge in [0.15, 0.2) is 17.5 Å². The second kappa shape index (κ2) is 8.78. The van der Waals surface area contributed by atoms with Crippen molar-refractivity contribution in [2.45, 2.75) is 32.6 Å². The molecule has 0 radical (unpaired) electrons. The molecule has 0 heterocycles. The maximum Gasteiger partial charge on any atom is 0.194 e. The van der Waals surface area contributed by atoms with Gasteiger partial charge >= 0.3 is 0 Å². The standard InChI is InChI=1S/C23H19ClF4/c1-2-3-17-10-11-18(22(27)21(17)24)16-8-6-14(7-9-16)4-5-15-12-19(25)23(28)20(26)13-15/h6-13H,2-5H2,1H3. The van der Waals surface area contributed by atoms with Gasteiger partial charge in [-0.1, -0.05) is 61.3 Å². The van der Waals surface area contributed by atoms with Gasteiger partial charge in [0.25, 0.3) is 0 Å². The van der Waals surface area contributed by atoms with Crippen LogP contribution in [0.15, 0.2) is 48.5 Å². The Morgan fingerprint density at radius 2 is 1.32 bits per heavy atom. The Morgan fingerprint density at radius 3 is 1.93 bits per heavy atom. The zero-order valence-electron chi connectivity index (χ0n) is 15.3. The minimum Gasteiger partial charge on any atom is -0.205 e. The highest BCUT2D eigenvalue weighted by Crippen LogP contribution is 2.31. The van der Waals surface area contributed by atoms with E-state index < -0.39 is 23.3 Å². The molecule has 0 nitrogen and oxygen atoms in total. The van der Waals surface area contributed by atoms with Gasteiger partial charge in [-0.3, -0.25) is 0 Å². The van der Waals surface area contributed by atoms with E-state index in [9.17, 15) is 17.6 Å². The first kappa shape index (κ1) is 20.4. The molecule has 0 amide bonds. The van der Waals surface area contributed by atoms with Gasteiger partial charge in [-0.05, 0) is 53.6 Å². The van der Waals surface area contributed by atoms with Gasteiger partial charge in [-0.25, -0.2) is 17.6 Å². The van der Waals surface area contributed by atoms with Gasteiger partial charge in [0, 0.05) is 5.56 Å². The predicted molar refractivity (Wildman–Crippen MR) is 105 cm³/mol. The van der Waals surface area contributed by atoms with Crippen LogP contribution in [0.5, 0.6) is 0 Å². The van der Waals surface area contributed by atoms with Crippen molar-refractivity contribution in [1.29, 1.82) is 0 Å². The highest BCUT2D eigenvalue weighted by Gasteiger charge is 2.13. The maximum absolute atomic E-state index is 14.6. The molecule has 0 N–H and O–H groups in total. The van der Waals surface area contributed by atoms with Crippen molar-refractivity contribution >= 4 is 11.6 Å². The van der Waals surface area contributed by atoms with Crippen LogP contribution >= 0.6 is 11.6 Å². The molecular weight excluding hydrogens is 388 g/mol. The van der Waals surface area contributed by atoms with Gasteiger partial charge in [0.2, 0.25) is 0 Å². The Bertz CT molecular complexity index is 958. The van der Waals surface area contributed by atoms with Crippen LogP contribution in [0.4, 0.5) is 17.6 Å². The third kappa shape index (κ3) is 4.39. The zero-order valence-corrected chi connectivity index (χ0v) is 16.1. The Morgan fingerprint density at radius 1 is 0.714 bits per heavy atom. The molecule has 0 aliphatic heterocycles. The third-order valence-corrected chi connectivity index (χ3v) is 5.10. The first-order valence-corrected chi connectivity index (χ1v) is 9.48. The summed E-state index contributed by atoms with van der Waals surface area (Å²) in [6, 6.07) is 12.8.